The molecule has 0 bridgehead atoms. The Hall–Kier alpha value is -0.0300. The second-order valence-electron chi connectivity index (χ2n) is 6.24. The lowest BCUT2D eigenvalue weighted by molar-refractivity contribution is 0.204. The van der Waals surface area contributed by atoms with Crippen molar-refractivity contribution in [2.75, 3.05) is 12.3 Å². The van der Waals surface area contributed by atoms with Gasteiger partial charge in [0.05, 0.1) is 0 Å². The topological polar surface area (TPSA) is 15.3 Å². The fourth-order valence-corrected chi connectivity index (χ4v) is 4.97. The van der Waals surface area contributed by atoms with Crippen molar-refractivity contribution < 1.29 is 0 Å². The van der Waals surface area contributed by atoms with Gasteiger partial charge in [-0.1, -0.05) is 6.92 Å². The van der Waals surface area contributed by atoms with Crippen molar-refractivity contribution in [1.29, 1.82) is 0 Å². The van der Waals surface area contributed by atoms with E-state index in [2.05, 4.69) is 48.8 Å². The van der Waals surface area contributed by atoms with Gasteiger partial charge < -0.3 is 5.32 Å². The lowest BCUT2D eigenvalue weighted by Crippen LogP contribution is -2.43. The van der Waals surface area contributed by atoms with Crippen molar-refractivity contribution in [1.82, 2.24) is 10.2 Å². The molecule has 2 unspecified atom stereocenters. The van der Waals surface area contributed by atoms with E-state index in [-0.39, 0.29) is 0 Å². The molecule has 0 radical (unpaired) electrons. The molecule has 4 heteroatoms. The molecule has 1 saturated carbocycles. The number of nitrogens with one attached hydrogen (secondary N) is 1. The number of rotatable bonds is 5. The first kappa shape index (κ1) is 14.9. The average Bonchev–Trinajstić information content (AvgIpc) is 3.18. The van der Waals surface area contributed by atoms with Gasteiger partial charge in [-0.15, -0.1) is 11.3 Å². The van der Waals surface area contributed by atoms with Gasteiger partial charge in [0.25, 0.3) is 0 Å². The van der Waals surface area contributed by atoms with Crippen molar-refractivity contribution in [2.24, 2.45) is 0 Å². The summed E-state index contributed by atoms with van der Waals surface area (Å²) in [4.78, 5) is 5.68. The smallest absolute Gasteiger partial charge is 0.0302 e. The molecule has 3 rings (SSSR count). The van der Waals surface area contributed by atoms with Gasteiger partial charge in [-0.3, -0.25) is 4.90 Å². The van der Waals surface area contributed by atoms with E-state index in [9.17, 15) is 0 Å². The van der Waals surface area contributed by atoms with Gasteiger partial charge in [0.2, 0.25) is 0 Å². The first-order valence-electron chi connectivity index (χ1n) is 7.80. The minimum Gasteiger partial charge on any atom is -0.309 e. The lowest BCUT2D eigenvalue weighted by Gasteiger charge is -2.37. The van der Waals surface area contributed by atoms with Gasteiger partial charge in [-0.25, -0.2) is 0 Å². The molecule has 1 saturated heterocycles. The fraction of sp³-hybridized carbons (Fsp3) is 0.750. The van der Waals surface area contributed by atoms with E-state index < -0.39 is 0 Å². The van der Waals surface area contributed by atoms with Gasteiger partial charge in [-0.2, -0.15) is 11.8 Å². The van der Waals surface area contributed by atoms with E-state index in [1.54, 1.807) is 5.56 Å². The zero-order valence-corrected chi connectivity index (χ0v) is 14.4. The van der Waals surface area contributed by atoms with E-state index in [0.29, 0.717) is 6.04 Å². The molecule has 1 aromatic rings. The Bertz CT molecular complexity index is 453. The van der Waals surface area contributed by atoms with Gasteiger partial charge in [0, 0.05) is 52.5 Å². The summed E-state index contributed by atoms with van der Waals surface area (Å²) in [6.45, 7) is 10.5. The van der Waals surface area contributed by atoms with Crippen LogP contribution in [0.15, 0.2) is 6.07 Å². The maximum atomic E-state index is 3.63. The summed E-state index contributed by atoms with van der Waals surface area (Å²) in [5.74, 6) is 1.28. The number of thiophene rings is 1. The van der Waals surface area contributed by atoms with Crippen LogP contribution in [0.2, 0.25) is 0 Å². The van der Waals surface area contributed by atoms with Crippen LogP contribution >= 0.6 is 23.1 Å². The van der Waals surface area contributed by atoms with Crippen molar-refractivity contribution >= 4 is 23.1 Å². The van der Waals surface area contributed by atoms with Crippen LogP contribution in [0.1, 0.15) is 42.0 Å². The van der Waals surface area contributed by atoms with E-state index in [4.69, 9.17) is 0 Å². The Morgan fingerprint density at radius 1 is 1.35 bits per heavy atom. The van der Waals surface area contributed by atoms with Crippen molar-refractivity contribution in [3.05, 3.63) is 21.4 Å². The predicted octanol–water partition coefficient (Wildman–Crippen LogP) is 3.63. The van der Waals surface area contributed by atoms with Gasteiger partial charge in [-0.05, 0) is 38.3 Å². The van der Waals surface area contributed by atoms with Crippen LogP contribution in [0, 0.1) is 6.92 Å². The van der Waals surface area contributed by atoms with Crippen LogP contribution in [0.25, 0.3) is 0 Å². The van der Waals surface area contributed by atoms with Gasteiger partial charge >= 0.3 is 0 Å². The van der Waals surface area contributed by atoms with E-state index in [1.165, 1.54) is 34.9 Å². The average molecular weight is 311 g/mol. The van der Waals surface area contributed by atoms with E-state index in [0.717, 1.165) is 24.4 Å². The molecule has 0 aromatic carbocycles. The monoisotopic (exact) mass is 310 g/mol. The quantitative estimate of drug-likeness (QED) is 0.894. The van der Waals surface area contributed by atoms with Crippen molar-refractivity contribution in [3.8, 4) is 0 Å². The summed E-state index contributed by atoms with van der Waals surface area (Å²) in [7, 11) is 0. The molecular formula is C16H26N2S2. The molecule has 2 fully saturated rings. The number of hydrogen-bond donors (Lipinski definition) is 1. The fourth-order valence-electron chi connectivity index (χ4n) is 2.80. The van der Waals surface area contributed by atoms with Crippen LogP contribution in [0.3, 0.4) is 0 Å². The number of thioether (sulfide) groups is 1. The molecule has 1 aliphatic heterocycles. The Balaban J connectivity index is 1.60. The third kappa shape index (κ3) is 3.59. The zero-order chi connectivity index (χ0) is 14.1. The Morgan fingerprint density at radius 2 is 2.15 bits per heavy atom. The first-order chi connectivity index (χ1) is 9.63. The summed E-state index contributed by atoms with van der Waals surface area (Å²) >= 11 is 4.10. The minimum atomic E-state index is 0.695. The zero-order valence-electron chi connectivity index (χ0n) is 12.8. The number of nitrogens with zero attached hydrogens (tertiary/aromatic N) is 1. The molecule has 1 aromatic heterocycles. The van der Waals surface area contributed by atoms with Crippen molar-refractivity contribution in [2.45, 2.75) is 64.0 Å². The third-order valence-electron chi connectivity index (χ3n) is 4.60. The third-order valence-corrected chi connectivity index (χ3v) is 7.03. The second kappa shape index (κ2) is 6.39. The lowest BCUT2D eigenvalue weighted by atomic mass is 10.1. The molecule has 0 amide bonds. The molecule has 1 N–H and O–H groups in total. The highest BCUT2D eigenvalue weighted by atomic mass is 32.2. The predicted molar refractivity (Wildman–Crippen MR) is 90.7 cm³/mol. The summed E-state index contributed by atoms with van der Waals surface area (Å²) in [6, 6.07) is 3.94. The largest absolute Gasteiger partial charge is 0.309 e. The number of hydrogen-bond acceptors (Lipinski definition) is 4. The van der Waals surface area contributed by atoms with Crippen LogP contribution < -0.4 is 5.32 Å². The molecule has 0 spiro atoms. The highest BCUT2D eigenvalue weighted by Crippen LogP contribution is 2.29. The maximum absolute atomic E-state index is 3.63. The molecular weight excluding hydrogens is 284 g/mol. The molecule has 2 atom stereocenters. The molecule has 112 valence electrons. The SMILES string of the molecule is Cc1sc(CNC2CC2)cc1CN1CCSC(C)C1C. The van der Waals surface area contributed by atoms with Crippen LogP contribution in [-0.4, -0.2) is 34.5 Å². The van der Waals surface area contributed by atoms with Crippen molar-refractivity contribution in [3.63, 3.8) is 0 Å². The summed E-state index contributed by atoms with van der Waals surface area (Å²) in [5, 5.41) is 4.39. The maximum Gasteiger partial charge on any atom is 0.0302 e. The first-order valence-corrected chi connectivity index (χ1v) is 9.67. The Kier molecular flexibility index (Phi) is 4.75. The number of aryl methyl sites for hydroxylation is 1. The van der Waals surface area contributed by atoms with E-state index in [1.807, 2.05) is 11.3 Å². The van der Waals surface area contributed by atoms with Gasteiger partial charge in [0.15, 0.2) is 0 Å². The second-order valence-corrected chi connectivity index (χ2v) is 9.06. The van der Waals surface area contributed by atoms with Gasteiger partial charge in [0.1, 0.15) is 0 Å². The highest BCUT2D eigenvalue weighted by Gasteiger charge is 2.26. The Labute approximate surface area is 131 Å². The van der Waals surface area contributed by atoms with Crippen LogP contribution in [-0.2, 0) is 13.1 Å². The normalized spacial score (nSPS) is 27.9. The minimum absolute atomic E-state index is 0.695. The standard InChI is InChI=1S/C16H26N2S2/c1-11-12(2)19-7-6-18(11)10-14-8-16(20-13(14)3)9-17-15-4-5-15/h8,11-12,15,17H,4-7,9-10H2,1-3H3. The van der Waals surface area contributed by atoms with E-state index >= 15 is 0 Å². The molecule has 2 nitrogen and oxygen atoms in total. The highest BCUT2D eigenvalue weighted by molar-refractivity contribution is 8.00. The summed E-state index contributed by atoms with van der Waals surface area (Å²) in [5.41, 5.74) is 1.55. The Morgan fingerprint density at radius 3 is 2.90 bits per heavy atom. The van der Waals surface area contributed by atoms with Crippen LogP contribution in [0.5, 0.6) is 0 Å². The van der Waals surface area contributed by atoms with Crippen LogP contribution in [0.4, 0.5) is 0 Å². The summed E-state index contributed by atoms with van der Waals surface area (Å²) < 4.78 is 0. The molecule has 2 heterocycles. The molecule has 1 aliphatic carbocycles. The molecule has 20 heavy (non-hydrogen) atoms. The summed E-state index contributed by atoms with van der Waals surface area (Å²) in [6.07, 6.45) is 2.75. The molecule has 2 aliphatic rings.